The third-order valence-electron chi connectivity index (χ3n) is 3.84. The number of anilines is 1. The number of piperidine rings is 1. The van der Waals surface area contributed by atoms with Crippen molar-refractivity contribution in [1.29, 1.82) is 0 Å². The largest absolute Gasteiger partial charge is 0.418 e. The van der Waals surface area contributed by atoms with Gasteiger partial charge in [0.15, 0.2) is 0 Å². The van der Waals surface area contributed by atoms with Gasteiger partial charge in [0, 0.05) is 30.6 Å². The first-order chi connectivity index (χ1) is 8.82. The molecular weight excluding hydrogens is 255 g/mol. The second-order valence-electron chi connectivity index (χ2n) is 4.95. The lowest BCUT2D eigenvalue weighted by molar-refractivity contribution is -0.137. The maximum absolute atomic E-state index is 13.0. The molecule has 5 heteroatoms. The molecule has 1 aliphatic heterocycles. The van der Waals surface area contributed by atoms with Gasteiger partial charge in [-0.15, -0.1) is 0 Å². The van der Waals surface area contributed by atoms with Crippen LogP contribution in [0.25, 0.3) is 0 Å². The van der Waals surface area contributed by atoms with Gasteiger partial charge in [0.05, 0.1) is 5.56 Å². The molecule has 1 fully saturated rings. The van der Waals surface area contributed by atoms with Crippen molar-refractivity contribution in [3.05, 3.63) is 29.8 Å². The second kappa shape index (κ2) is 4.87. The summed E-state index contributed by atoms with van der Waals surface area (Å²) in [7, 11) is 0. The van der Waals surface area contributed by atoms with Gasteiger partial charge >= 0.3 is 6.18 Å². The molecule has 1 heterocycles. The zero-order chi connectivity index (χ0) is 14.2. The fourth-order valence-corrected chi connectivity index (χ4v) is 2.50. The first-order valence-electron chi connectivity index (χ1n) is 6.28. The van der Waals surface area contributed by atoms with Crippen LogP contribution in [-0.4, -0.2) is 18.4 Å². The van der Waals surface area contributed by atoms with Gasteiger partial charge in [0.25, 0.3) is 0 Å². The quantitative estimate of drug-likeness (QED) is 0.779. The highest BCUT2D eigenvalue weighted by Gasteiger charge is 2.38. The van der Waals surface area contributed by atoms with Gasteiger partial charge in [-0.3, -0.25) is 4.79 Å². The molecular formula is C14H16F3NO. The molecule has 19 heavy (non-hydrogen) atoms. The highest BCUT2D eigenvalue weighted by molar-refractivity contribution is 5.84. The van der Waals surface area contributed by atoms with Gasteiger partial charge in [-0.2, -0.15) is 13.2 Å². The molecule has 2 nitrogen and oxygen atoms in total. The maximum atomic E-state index is 13.0. The number of nitrogens with zero attached hydrogens (tertiary/aromatic N) is 1. The van der Waals surface area contributed by atoms with E-state index in [9.17, 15) is 18.0 Å². The van der Waals surface area contributed by atoms with Crippen molar-refractivity contribution in [3.8, 4) is 0 Å². The number of rotatable bonds is 1. The molecule has 1 aliphatic rings. The summed E-state index contributed by atoms with van der Waals surface area (Å²) in [6.07, 6.45) is -4.07. The van der Waals surface area contributed by atoms with Crippen LogP contribution >= 0.6 is 0 Å². The van der Waals surface area contributed by atoms with Crippen molar-refractivity contribution in [2.24, 2.45) is 5.92 Å². The number of ketones is 1. The summed E-state index contributed by atoms with van der Waals surface area (Å²) in [6, 6.07) is 5.32. The SMILES string of the molecule is CC1C(=O)CCN(c2ccccc2C(F)(F)F)C1C. The Morgan fingerprint density at radius 1 is 1.21 bits per heavy atom. The van der Waals surface area contributed by atoms with E-state index in [0.717, 1.165) is 6.07 Å². The number of hydrogen-bond acceptors (Lipinski definition) is 2. The maximum Gasteiger partial charge on any atom is 0.418 e. The summed E-state index contributed by atoms with van der Waals surface area (Å²) in [4.78, 5) is 13.3. The molecule has 2 rings (SSSR count). The Morgan fingerprint density at radius 2 is 1.84 bits per heavy atom. The van der Waals surface area contributed by atoms with Crippen LogP contribution in [0.4, 0.5) is 18.9 Å². The van der Waals surface area contributed by atoms with Crippen molar-refractivity contribution in [1.82, 2.24) is 0 Å². The van der Waals surface area contributed by atoms with E-state index in [2.05, 4.69) is 0 Å². The summed E-state index contributed by atoms with van der Waals surface area (Å²) in [5.41, 5.74) is -0.467. The van der Waals surface area contributed by atoms with Gasteiger partial charge in [-0.05, 0) is 19.1 Å². The Balaban J connectivity index is 2.40. The van der Waals surface area contributed by atoms with E-state index in [0.29, 0.717) is 13.0 Å². The molecule has 2 unspecified atom stereocenters. The number of carbonyl (C=O) groups excluding carboxylic acids is 1. The van der Waals surface area contributed by atoms with Crippen LogP contribution in [0.1, 0.15) is 25.8 Å². The molecule has 0 bridgehead atoms. The third-order valence-corrected chi connectivity index (χ3v) is 3.84. The van der Waals surface area contributed by atoms with Gasteiger partial charge in [-0.25, -0.2) is 0 Å². The topological polar surface area (TPSA) is 20.3 Å². The third kappa shape index (κ3) is 2.60. The predicted octanol–water partition coefficient (Wildman–Crippen LogP) is 3.51. The molecule has 0 saturated carbocycles. The molecule has 1 aromatic rings. The van der Waals surface area contributed by atoms with Gasteiger partial charge in [-0.1, -0.05) is 19.1 Å². The number of alkyl halides is 3. The Labute approximate surface area is 110 Å². The molecule has 2 atom stereocenters. The summed E-state index contributed by atoms with van der Waals surface area (Å²) in [5, 5.41) is 0. The average Bonchev–Trinajstić information content (AvgIpc) is 2.35. The van der Waals surface area contributed by atoms with E-state index >= 15 is 0 Å². The summed E-state index contributed by atoms with van der Waals surface area (Å²) < 4.78 is 39.0. The molecule has 0 spiro atoms. The van der Waals surface area contributed by atoms with Gasteiger partial charge in [0.2, 0.25) is 0 Å². The van der Waals surface area contributed by atoms with Gasteiger partial charge < -0.3 is 4.90 Å². The Morgan fingerprint density at radius 3 is 2.47 bits per heavy atom. The van der Waals surface area contributed by atoms with Crippen LogP contribution in [0, 0.1) is 5.92 Å². The number of hydrogen-bond donors (Lipinski definition) is 0. The zero-order valence-electron chi connectivity index (χ0n) is 10.9. The fourth-order valence-electron chi connectivity index (χ4n) is 2.50. The molecule has 0 N–H and O–H groups in total. The van der Waals surface area contributed by atoms with E-state index < -0.39 is 11.7 Å². The Kier molecular flexibility index (Phi) is 3.56. The smallest absolute Gasteiger partial charge is 0.367 e. The molecule has 1 saturated heterocycles. The highest BCUT2D eigenvalue weighted by atomic mass is 19.4. The second-order valence-corrected chi connectivity index (χ2v) is 4.95. The number of para-hydroxylation sites is 1. The Bertz CT molecular complexity index is 484. The van der Waals surface area contributed by atoms with Crippen LogP contribution < -0.4 is 4.90 Å². The molecule has 104 valence electrons. The minimum absolute atomic E-state index is 0.119. The lowest BCUT2D eigenvalue weighted by Gasteiger charge is -2.39. The lowest BCUT2D eigenvalue weighted by atomic mass is 9.90. The van der Waals surface area contributed by atoms with E-state index in [1.807, 2.05) is 0 Å². The first-order valence-corrected chi connectivity index (χ1v) is 6.28. The van der Waals surface area contributed by atoms with Crippen molar-refractivity contribution >= 4 is 11.5 Å². The number of benzene rings is 1. The normalized spacial score (nSPS) is 24.7. The molecule has 0 amide bonds. The van der Waals surface area contributed by atoms with Crippen LogP contribution in [0.5, 0.6) is 0 Å². The minimum Gasteiger partial charge on any atom is -0.367 e. The summed E-state index contributed by atoms with van der Waals surface area (Å²) in [6.45, 7) is 3.92. The lowest BCUT2D eigenvalue weighted by Crippen LogP contribution is -2.47. The number of halogens is 3. The van der Waals surface area contributed by atoms with Crippen molar-refractivity contribution < 1.29 is 18.0 Å². The van der Waals surface area contributed by atoms with Crippen LogP contribution in [0.3, 0.4) is 0 Å². The van der Waals surface area contributed by atoms with Crippen molar-refractivity contribution in [3.63, 3.8) is 0 Å². The minimum atomic E-state index is -4.37. The molecule has 1 aromatic carbocycles. The van der Waals surface area contributed by atoms with E-state index in [4.69, 9.17) is 0 Å². The van der Waals surface area contributed by atoms with E-state index in [-0.39, 0.29) is 23.4 Å². The molecule has 0 aliphatic carbocycles. The monoisotopic (exact) mass is 271 g/mol. The number of carbonyl (C=O) groups is 1. The van der Waals surface area contributed by atoms with Gasteiger partial charge in [0.1, 0.15) is 5.78 Å². The van der Waals surface area contributed by atoms with E-state index in [1.54, 1.807) is 24.8 Å². The van der Waals surface area contributed by atoms with Crippen molar-refractivity contribution in [2.75, 3.05) is 11.4 Å². The summed E-state index contributed by atoms with van der Waals surface area (Å²) in [5.74, 6) is -0.122. The zero-order valence-corrected chi connectivity index (χ0v) is 10.9. The van der Waals surface area contributed by atoms with E-state index in [1.165, 1.54) is 12.1 Å². The predicted molar refractivity (Wildman–Crippen MR) is 67.0 cm³/mol. The van der Waals surface area contributed by atoms with Crippen LogP contribution in [0.2, 0.25) is 0 Å². The summed E-state index contributed by atoms with van der Waals surface area (Å²) >= 11 is 0. The fraction of sp³-hybridized carbons (Fsp3) is 0.500. The molecule has 0 radical (unpaired) electrons. The molecule has 0 aromatic heterocycles. The van der Waals surface area contributed by atoms with Crippen LogP contribution in [0.15, 0.2) is 24.3 Å². The first kappa shape index (κ1) is 13.9. The average molecular weight is 271 g/mol. The number of Topliss-reactive ketones (excluding diaryl/α,β-unsaturated/α-hetero) is 1. The van der Waals surface area contributed by atoms with Crippen molar-refractivity contribution in [2.45, 2.75) is 32.5 Å². The highest BCUT2D eigenvalue weighted by Crippen LogP contribution is 2.38. The van der Waals surface area contributed by atoms with Crippen LogP contribution in [-0.2, 0) is 11.0 Å². The standard InChI is InChI=1S/C14H16F3NO/c1-9-10(2)18(8-7-13(9)19)12-6-4-3-5-11(12)14(15,16)17/h3-6,9-10H,7-8H2,1-2H3. The Hall–Kier alpha value is -1.52.